The van der Waals surface area contributed by atoms with E-state index in [1.807, 2.05) is 6.07 Å². The first-order valence-corrected chi connectivity index (χ1v) is 4.51. The molecule has 78 valence electrons. The van der Waals surface area contributed by atoms with Gasteiger partial charge in [-0.2, -0.15) is 5.26 Å². The van der Waals surface area contributed by atoms with Gasteiger partial charge in [0.2, 0.25) is 0 Å². The van der Waals surface area contributed by atoms with E-state index in [4.69, 9.17) is 16.9 Å². The van der Waals surface area contributed by atoms with Gasteiger partial charge in [0.1, 0.15) is 6.07 Å². The van der Waals surface area contributed by atoms with Gasteiger partial charge < -0.3 is 4.74 Å². The zero-order valence-electron chi connectivity index (χ0n) is 8.30. The number of benzene rings is 1. The number of ether oxygens (including phenoxy) is 1. The van der Waals surface area contributed by atoms with Crippen molar-refractivity contribution >= 4 is 23.4 Å². The van der Waals surface area contributed by atoms with Crippen LogP contribution in [0.25, 0.3) is 0 Å². The fourth-order valence-electron chi connectivity index (χ4n) is 1.04. The van der Waals surface area contributed by atoms with Crippen LogP contribution in [0.4, 0.5) is 10.5 Å². The Labute approximate surface area is 92.4 Å². The molecule has 15 heavy (non-hydrogen) atoms. The van der Waals surface area contributed by atoms with Gasteiger partial charge >= 0.3 is 6.09 Å². The summed E-state index contributed by atoms with van der Waals surface area (Å²) < 4.78 is 4.42. The van der Waals surface area contributed by atoms with E-state index in [1.54, 1.807) is 13.0 Å². The van der Waals surface area contributed by atoms with Gasteiger partial charge in [-0.15, -0.1) is 0 Å². The maximum atomic E-state index is 11.0. The lowest BCUT2D eigenvalue weighted by Crippen LogP contribution is -2.12. The first kappa shape index (κ1) is 11.3. The average Bonchev–Trinajstić information content (AvgIpc) is 2.22. The van der Waals surface area contributed by atoms with Gasteiger partial charge in [-0.05, 0) is 24.6 Å². The molecule has 0 unspecified atom stereocenters. The lowest BCUT2D eigenvalue weighted by atomic mass is 10.1. The maximum absolute atomic E-state index is 11.0. The molecule has 0 fully saturated rings. The quantitative estimate of drug-likeness (QED) is 0.798. The summed E-state index contributed by atoms with van der Waals surface area (Å²) in [4.78, 5) is 11.0. The molecular formula is C10H9ClN2O2. The Morgan fingerprint density at radius 1 is 1.60 bits per heavy atom. The van der Waals surface area contributed by atoms with E-state index >= 15 is 0 Å². The van der Waals surface area contributed by atoms with Gasteiger partial charge in [0.25, 0.3) is 0 Å². The normalized spacial score (nSPS) is 9.20. The highest BCUT2D eigenvalue weighted by Gasteiger charge is 2.09. The van der Waals surface area contributed by atoms with Crippen molar-refractivity contribution in [2.75, 3.05) is 12.4 Å². The smallest absolute Gasteiger partial charge is 0.411 e. The Morgan fingerprint density at radius 3 is 2.80 bits per heavy atom. The number of anilines is 1. The van der Waals surface area contributed by atoms with E-state index in [9.17, 15) is 4.79 Å². The summed E-state index contributed by atoms with van der Waals surface area (Å²) in [6, 6.07) is 5.09. The minimum Gasteiger partial charge on any atom is -0.453 e. The van der Waals surface area contributed by atoms with E-state index < -0.39 is 6.09 Å². The van der Waals surface area contributed by atoms with Crippen LogP contribution in [0.5, 0.6) is 0 Å². The third-order valence-corrected chi connectivity index (χ3v) is 2.25. The van der Waals surface area contributed by atoms with Crippen LogP contribution in [-0.2, 0) is 4.74 Å². The van der Waals surface area contributed by atoms with Gasteiger partial charge in [-0.25, -0.2) is 4.79 Å². The van der Waals surface area contributed by atoms with Crippen LogP contribution in [0.15, 0.2) is 12.1 Å². The van der Waals surface area contributed by atoms with Crippen molar-refractivity contribution < 1.29 is 9.53 Å². The van der Waals surface area contributed by atoms with Gasteiger partial charge in [-0.3, -0.25) is 5.32 Å². The van der Waals surface area contributed by atoms with E-state index in [0.717, 1.165) is 5.56 Å². The molecule has 4 nitrogen and oxygen atoms in total. The highest BCUT2D eigenvalue weighted by Crippen LogP contribution is 2.24. The summed E-state index contributed by atoms with van der Waals surface area (Å²) in [6.07, 6.45) is -0.633. The van der Waals surface area contributed by atoms with Crippen LogP contribution in [0.1, 0.15) is 11.1 Å². The number of methoxy groups -OCH3 is 1. The zero-order valence-corrected chi connectivity index (χ0v) is 9.05. The first-order valence-electron chi connectivity index (χ1n) is 4.13. The summed E-state index contributed by atoms with van der Waals surface area (Å²) >= 11 is 5.87. The number of nitriles is 1. The van der Waals surface area contributed by atoms with Gasteiger partial charge in [0.05, 0.1) is 18.4 Å². The Balaban J connectivity index is 3.12. The molecule has 1 aromatic rings. The first-order chi connectivity index (χ1) is 7.08. The Hall–Kier alpha value is -1.73. The van der Waals surface area contributed by atoms with Crippen molar-refractivity contribution in [3.8, 4) is 6.07 Å². The summed E-state index contributed by atoms with van der Waals surface area (Å²) in [5.41, 5.74) is 1.48. The molecule has 0 saturated heterocycles. The van der Waals surface area contributed by atoms with Crippen LogP contribution < -0.4 is 5.32 Å². The lowest BCUT2D eigenvalue weighted by Gasteiger charge is -2.07. The molecule has 0 saturated carbocycles. The predicted octanol–water partition coefficient (Wildman–Crippen LogP) is 2.70. The summed E-state index contributed by atoms with van der Waals surface area (Å²) in [7, 11) is 1.25. The van der Waals surface area contributed by atoms with E-state index in [0.29, 0.717) is 16.3 Å². The maximum Gasteiger partial charge on any atom is 0.411 e. The third-order valence-electron chi connectivity index (χ3n) is 1.84. The van der Waals surface area contributed by atoms with Crippen LogP contribution in [-0.4, -0.2) is 13.2 Å². The molecule has 5 heteroatoms. The molecule has 0 atom stereocenters. The standard InChI is InChI=1S/C10H9ClN2O2/c1-6-3-7(5-12)9(4-8(6)11)13-10(14)15-2/h3-4H,1-2H3,(H,13,14). The van der Waals surface area contributed by atoms with Crippen molar-refractivity contribution in [1.82, 2.24) is 0 Å². The molecule has 0 aromatic heterocycles. The minimum atomic E-state index is -0.633. The molecule has 0 aliphatic rings. The number of hydrogen-bond donors (Lipinski definition) is 1. The fourth-order valence-corrected chi connectivity index (χ4v) is 1.20. The number of carbonyl (C=O) groups excluding carboxylic acids is 1. The van der Waals surface area contributed by atoms with Crippen LogP contribution in [0.3, 0.4) is 0 Å². The van der Waals surface area contributed by atoms with Crippen molar-refractivity contribution in [3.63, 3.8) is 0 Å². The molecule has 0 spiro atoms. The number of aryl methyl sites for hydroxylation is 1. The number of nitrogens with one attached hydrogen (secondary N) is 1. The highest BCUT2D eigenvalue weighted by atomic mass is 35.5. The lowest BCUT2D eigenvalue weighted by molar-refractivity contribution is 0.187. The van der Waals surface area contributed by atoms with Crippen molar-refractivity contribution in [2.24, 2.45) is 0 Å². The monoisotopic (exact) mass is 224 g/mol. The van der Waals surface area contributed by atoms with Crippen LogP contribution in [0, 0.1) is 18.3 Å². The summed E-state index contributed by atoms with van der Waals surface area (Å²) in [5.74, 6) is 0. The summed E-state index contributed by atoms with van der Waals surface area (Å²) in [5, 5.41) is 11.7. The molecule has 0 heterocycles. The van der Waals surface area contributed by atoms with Crippen molar-refractivity contribution in [1.29, 1.82) is 5.26 Å². The van der Waals surface area contributed by atoms with Crippen LogP contribution >= 0.6 is 11.6 Å². The van der Waals surface area contributed by atoms with Gasteiger partial charge in [0.15, 0.2) is 0 Å². The largest absolute Gasteiger partial charge is 0.453 e. The SMILES string of the molecule is COC(=O)Nc1cc(Cl)c(C)cc1C#N. The second-order valence-corrected chi connectivity index (χ2v) is 3.28. The molecule has 0 aliphatic carbocycles. The van der Waals surface area contributed by atoms with E-state index in [1.165, 1.54) is 13.2 Å². The van der Waals surface area contributed by atoms with E-state index in [-0.39, 0.29) is 0 Å². The van der Waals surface area contributed by atoms with Crippen molar-refractivity contribution in [2.45, 2.75) is 6.92 Å². The minimum absolute atomic E-state index is 0.347. The number of halogens is 1. The molecule has 0 aliphatic heterocycles. The van der Waals surface area contributed by atoms with Crippen LogP contribution in [0.2, 0.25) is 5.02 Å². The molecule has 1 amide bonds. The number of carbonyl (C=O) groups is 1. The second kappa shape index (κ2) is 4.67. The predicted molar refractivity (Wildman–Crippen MR) is 56.9 cm³/mol. The number of rotatable bonds is 1. The van der Waals surface area contributed by atoms with Gasteiger partial charge in [0, 0.05) is 5.02 Å². The Morgan fingerprint density at radius 2 is 2.27 bits per heavy atom. The Kier molecular flexibility index (Phi) is 3.53. The number of hydrogen-bond acceptors (Lipinski definition) is 3. The Bertz CT molecular complexity index is 438. The molecular weight excluding hydrogens is 216 g/mol. The molecule has 1 rings (SSSR count). The molecule has 0 bridgehead atoms. The second-order valence-electron chi connectivity index (χ2n) is 2.88. The highest BCUT2D eigenvalue weighted by molar-refractivity contribution is 6.31. The fraction of sp³-hybridized carbons (Fsp3) is 0.200. The molecule has 1 aromatic carbocycles. The zero-order chi connectivity index (χ0) is 11.4. The third kappa shape index (κ3) is 2.61. The van der Waals surface area contributed by atoms with Crippen molar-refractivity contribution in [3.05, 3.63) is 28.3 Å². The van der Waals surface area contributed by atoms with Gasteiger partial charge in [-0.1, -0.05) is 11.6 Å². The van der Waals surface area contributed by atoms with E-state index in [2.05, 4.69) is 10.1 Å². The summed E-state index contributed by atoms with van der Waals surface area (Å²) in [6.45, 7) is 1.78. The topological polar surface area (TPSA) is 62.1 Å². The average molecular weight is 225 g/mol. The molecule has 0 radical (unpaired) electrons. The number of amides is 1. The number of nitrogens with zero attached hydrogens (tertiary/aromatic N) is 1. The molecule has 1 N–H and O–H groups in total.